The number of hydrogen-bond donors (Lipinski definition) is 2. The van der Waals surface area contributed by atoms with Gasteiger partial charge in [-0.2, -0.15) is 0 Å². The van der Waals surface area contributed by atoms with Gasteiger partial charge in [-0.15, -0.1) is 0 Å². The number of aromatic nitrogens is 1. The Morgan fingerprint density at radius 2 is 1.66 bits per heavy atom. The van der Waals surface area contributed by atoms with Gasteiger partial charge >= 0.3 is 0 Å². The highest BCUT2D eigenvalue weighted by molar-refractivity contribution is 5.84. The quantitative estimate of drug-likeness (QED) is 0.362. The van der Waals surface area contributed by atoms with Crippen LogP contribution in [0.3, 0.4) is 0 Å². The maximum atomic E-state index is 14.3. The van der Waals surface area contributed by atoms with Crippen LogP contribution in [0.4, 0.5) is 0 Å². The second-order valence-electron chi connectivity index (χ2n) is 16.6. The molecule has 1 amide bonds. The lowest BCUT2D eigenvalue weighted by Gasteiger charge is -2.72. The molecule has 5 aliphatic rings. The van der Waals surface area contributed by atoms with Gasteiger partial charge < -0.3 is 10.4 Å². The third-order valence-corrected chi connectivity index (χ3v) is 14.9. The Balaban J connectivity index is 1.30. The summed E-state index contributed by atoms with van der Waals surface area (Å²) in [5, 5.41) is 14.5. The van der Waals surface area contributed by atoms with Crippen molar-refractivity contribution in [3.63, 3.8) is 0 Å². The minimum atomic E-state index is -0.257. The van der Waals surface area contributed by atoms with E-state index in [-0.39, 0.29) is 33.2 Å². The average molecular weight is 561 g/mol. The van der Waals surface area contributed by atoms with E-state index in [9.17, 15) is 9.90 Å². The van der Waals surface area contributed by atoms with Gasteiger partial charge in [-0.05, 0) is 146 Å². The molecular weight excluding hydrogens is 504 g/mol. The molecule has 0 spiro atoms. The number of amides is 1. The number of carbonyl (C=O) groups excluding carboxylic acids is 1. The van der Waals surface area contributed by atoms with Gasteiger partial charge in [0.2, 0.25) is 5.91 Å². The number of rotatable bonds is 5. The molecule has 0 aromatic carbocycles. The van der Waals surface area contributed by atoms with Crippen molar-refractivity contribution in [1.82, 2.24) is 10.3 Å². The van der Waals surface area contributed by atoms with Crippen molar-refractivity contribution in [2.45, 2.75) is 118 Å². The molecule has 10 atom stereocenters. The third kappa shape index (κ3) is 4.08. The van der Waals surface area contributed by atoms with Crippen LogP contribution < -0.4 is 5.32 Å². The predicted molar refractivity (Wildman–Crippen MR) is 166 cm³/mol. The van der Waals surface area contributed by atoms with E-state index >= 15 is 0 Å². The fourth-order valence-electron chi connectivity index (χ4n) is 12.6. The summed E-state index contributed by atoms with van der Waals surface area (Å²) in [5.41, 5.74) is 3.03. The lowest BCUT2D eigenvalue weighted by molar-refractivity contribution is -0.246. The van der Waals surface area contributed by atoms with Crippen molar-refractivity contribution in [2.24, 2.45) is 56.7 Å². The Labute approximate surface area is 249 Å². The summed E-state index contributed by atoms with van der Waals surface area (Å²) in [5.74, 6) is 2.99. The molecule has 0 radical (unpaired) electrons. The van der Waals surface area contributed by atoms with Crippen molar-refractivity contribution < 1.29 is 9.90 Å². The molecule has 2 N–H and O–H groups in total. The summed E-state index contributed by atoms with van der Waals surface area (Å²) in [7, 11) is 0. The molecule has 1 heterocycles. The number of pyridine rings is 1. The summed E-state index contributed by atoms with van der Waals surface area (Å²) >= 11 is 0. The largest absolute Gasteiger partial charge is 0.393 e. The molecule has 1 aromatic rings. The number of nitrogens with one attached hydrogen (secondary N) is 1. The molecule has 41 heavy (non-hydrogen) atoms. The first kappa shape index (κ1) is 29.4. The first-order chi connectivity index (χ1) is 19.3. The second kappa shape index (κ2) is 9.93. The molecule has 0 unspecified atom stereocenters. The number of fused-ring (bicyclic) bond motifs is 7. The summed E-state index contributed by atoms with van der Waals surface area (Å²) < 4.78 is 0. The second-order valence-corrected chi connectivity index (χ2v) is 16.6. The van der Waals surface area contributed by atoms with Crippen molar-refractivity contribution in [3.8, 4) is 0 Å². The lowest BCUT2D eigenvalue weighted by Crippen LogP contribution is -2.67. The Bertz CT molecular complexity index is 1180. The fourth-order valence-corrected chi connectivity index (χ4v) is 12.6. The van der Waals surface area contributed by atoms with E-state index in [2.05, 4.69) is 70.6 Å². The molecule has 226 valence electrons. The van der Waals surface area contributed by atoms with E-state index in [0.29, 0.717) is 42.0 Å². The number of aliphatic hydroxyl groups is 1. The van der Waals surface area contributed by atoms with Gasteiger partial charge in [0.1, 0.15) is 0 Å². The Morgan fingerprint density at radius 1 is 0.927 bits per heavy atom. The number of allylic oxidation sites excluding steroid dienone is 1. The standard InChI is InChI=1S/C37H56N2O2/c1-24(2)26-10-18-37(32(41)39-23-15-25-13-21-38-22-14-25)20-19-35(6)27(31(26)37)8-9-29-34(5)16-12-30(40)33(3,4)28(34)11-17-36(29,35)7/h13-14,21-22,26-31,40H,1,8-12,15-20,23H2,2-7H3,(H,39,41)/t26-,27+,28-,29+,30-,31+,34-,35+,36+,37-/m0/s1. The molecule has 5 fully saturated rings. The molecular formula is C37H56N2O2. The third-order valence-electron chi connectivity index (χ3n) is 14.9. The van der Waals surface area contributed by atoms with Crippen LogP contribution in [0.25, 0.3) is 0 Å². The highest BCUT2D eigenvalue weighted by Gasteiger charge is 2.71. The van der Waals surface area contributed by atoms with Gasteiger partial charge in [0, 0.05) is 18.9 Å². The van der Waals surface area contributed by atoms with Crippen LogP contribution in [-0.2, 0) is 11.2 Å². The minimum absolute atomic E-state index is 0.0152. The summed E-state index contributed by atoms with van der Waals surface area (Å²) in [4.78, 5) is 18.4. The summed E-state index contributed by atoms with van der Waals surface area (Å²) in [6, 6.07) is 4.10. The molecule has 6 rings (SSSR count). The van der Waals surface area contributed by atoms with Crippen LogP contribution in [0.15, 0.2) is 36.7 Å². The molecule has 5 saturated carbocycles. The first-order valence-corrected chi connectivity index (χ1v) is 16.8. The Hall–Kier alpha value is -1.68. The average Bonchev–Trinajstić information content (AvgIpc) is 3.33. The molecule has 0 aliphatic heterocycles. The van der Waals surface area contributed by atoms with Crippen molar-refractivity contribution >= 4 is 5.91 Å². The van der Waals surface area contributed by atoms with Crippen LogP contribution in [0.2, 0.25) is 0 Å². The zero-order valence-corrected chi connectivity index (χ0v) is 26.8. The molecule has 4 heteroatoms. The highest BCUT2D eigenvalue weighted by Crippen LogP contribution is 2.77. The van der Waals surface area contributed by atoms with E-state index in [1.54, 1.807) is 0 Å². The van der Waals surface area contributed by atoms with Crippen molar-refractivity contribution in [3.05, 3.63) is 42.2 Å². The van der Waals surface area contributed by atoms with Crippen LogP contribution in [-0.4, -0.2) is 28.6 Å². The predicted octanol–water partition coefficient (Wildman–Crippen LogP) is 7.76. The number of carbonyl (C=O) groups is 1. The van der Waals surface area contributed by atoms with E-state index in [1.165, 1.54) is 36.8 Å². The Kier molecular flexibility index (Phi) is 7.12. The maximum Gasteiger partial charge on any atom is 0.226 e. The monoisotopic (exact) mass is 560 g/mol. The molecule has 1 aromatic heterocycles. The minimum Gasteiger partial charge on any atom is -0.393 e. The van der Waals surface area contributed by atoms with Crippen LogP contribution in [0.5, 0.6) is 0 Å². The smallest absolute Gasteiger partial charge is 0.226 e. The fraction of sp³-hybridized carbons (Fsp3) is 0.784. The number of nitrogens with zero attached hydrogens (tertiary/aromatic N) is 1. The highest BCUT2D eigenvalue weighted by atomic mass is 16.3. The van der Waals surface area contributed by atoms with Gasteiger partial charge in [-0.3, -0.25) is 9.78 Å². The SMILES string of the molecule is C=C(C)[C@@H]1CC[C@]2(C(=O)NCCc3ccncc3)CC[C@]3(C)[C@H](CC[C@@H]4[C@@]5(C)CC[C@H](O)C(C)(C)[C@@H]5CC[C@]43C)[C@@H]12. The number of hydrogen-bond acceptors (Lipinski definition) is 3. The molecule has 4 nitrogen and oxygen atoms in total. The van der Waals surface area contributed by atoms with Crippen molar-refractivity contribution in [1.29, 1.82) is 0 Å². The van der Waals surface area contributed by atoms with Gasteiger partial charge in [0.15, 0.2) is 0 Å². The molecule has 0 saturated heterocycles. The van der Waals surface area contributed by atoms with Crippen LogP contribution in [0.1, 0.15) is 111 Å². The van der Waals surface area contributed by atoms with Gasteiger partial charge in [0.25, 0.3) is 0 Å². The van der Waals surface area contributed by atoms with E-state index < -0.39 is 0 Å². The number of aliphatic hydroxyl groups excluding tert-OH is 1. The van der Waals surface area contributed by atoms with Gasteiger partial charge in [-0.25, -0.2) is 0 Å². The van der Waals surface area contributed by atoms with E-state index in [0.717, 1.165) is 44.9 Å². The summed E-state index contributed by atoms with van der Waals surface area (Å²) in [6.07, 6.45) is 15.7. The summed E-state index contributed by atoms with van der Waals surface area (Å²) in [6.45, 7) is 20.0. The molecule has 5 aliphatic carbocycles. The van der Waals surface area contributed by atoms with Gasteiger partial charge in [0.05, 0.1) is 11.5 Å². The normalized spacial score (nSPS) is 46.4. The maximum absolute atomic E-state index is 14.3. The van der Waals surface area contributed by atoms with Crippen LogP contribution >= 0.6 is 0 Å². The topological polar surface area (TPSA) is 62.2 Å². The van der Waals surface area contributed by atoms with Crippen LogP contribution in [0, 0.1) is 56.7 Å². The van der Waals surface area contributed by atoms with Crippen molar-refractivity contribution in [2.75, 3.05) is 6.54 Å². The Morgan fingerprint density at radius 3 is 2.37 bits per heavy atom. The van der Waals surface area contributed by atoms with E-state index in [1.807, 2.05) is 12.4 Å². The van der Waals surface area contributed by atoms with E-state index in [4.69, 9.17) is 0 Å². The lowest BCUT2D eigenvalue weighted by atomic mass is 9.32. The zero-order valence-electron chi connectivity index (χ0n) is 26.8. The zero-order chi connectivity index (χ0) is 29.4. The first-order valence-electron chi connectivity index (χ1n) is 16.8. The molecule has 0 bridgehead atoms. The van der Waals surface area contributed by atoms with Gasteiger partial charge in [-0.1, -0.05) is 46.8 Å².